The lowest BCUT2D eigenvalue weighted by Gasteiger charge is -2.33. The van der Waals surface area contributed by atoms with Crippen LogP contribution in [0.5, 0.6) is 0 Å². The summed E-state index contributed by atoms with van der Waals surface area (Å²) in [5.41, 5.74) is 2.24. The Balaban J connectivity index is 1.60. The maximum atomic E-state index is 4.54. The largest absolute Gasteiger partial charge is 0.356 e. The average molecular weight is 294 g/mol. The second kappa shape index (κ2) is 5.36. The minimum absolute atomic E-state index is 0.439. The highest BCUT2D eigenvalue weighted by atomic mass is 15.4. The molecule has 0 spiro atoms. The van der Waals surface area contributed by atoms with Crippen LogP contribution in [-0.2, 0) is 0 Å². The van der Waals surface area contributed by atoms with Crippen molar-refractivity contribution in [2.45, 2.75) is 25.8 Å². The van der Waals surface area contributed by atoms with Gasteiger partial charge in [0.2, 0.25) is 0 Å². The molecule has 1 aromatic carbocycles. The first-order valence-electron chi connectivity index (χ1n) is 7.64. The summed E-state index contributed by atoms with van der Waals surface area (Å²) in [6, 6.07) is 6.72. The molecule has 112 valence electrons. The van der Waals surface area contributed by atoms with Gasteiger partial charge in [0.1, 0.15) is 12.1 Å². The standard InChI is InChI=1S/C16H18N6/c1-12-3-2-4-14-15(12)17-11-18-16(14)21-8-5-13(6-9-21)22-10-7-19-20-22/h2-4,7,10-11,13H,5-6,8-9H2,1H3. The van der Waals surface area contributed by atoms with E-state index in [0.29, 0.717) is 6.04 Å². The molecular formula is C16H18N6. The number of hydrogen-bond acceptors (Lipinski definition) is 5. The summed E-state index contributed by atoms with van der Waals surface area (Å²) in [4.78, 5) is 11.3. The van der Waals surface area contributed by atoms with E-state index < -0.39 is 0 Å². The highest BCUT2D eigenvalue weighted by Crippen LogP contribution is 2.29. The SMILES string of the molecule is Cc1cccc2c(N3CCC(n4ccnn4)CC3)ncnc12. The molecule has 0 N–H and O–H groups in total. The predicted octanol–water partition coefficient (Wildman–Crippen LogP) is 2.37. The van der Waals surface area contributed by atoms with Crippen LogP contribution in [0.3, 0.4) is 0 Å². The van der Waals surface area contributed by atoms with Crippen LogP contribution in [-0.4, -0.2) is 38.1 Å². The molecule has 1 fully saturated rings. The van der Waals surface area contributed by atoms with E-state index in [9.17, 15) is 0 Å². The Morgan fingerprint density at radius 2 is 2.00 bits per heavy atom. The van der Waals surface area contributed by atoms with Gasteiger partial charge in [-0.25, -0.2) is 14.6 Å². The summed E-state index contributed by atoms with van der Waals surface area (Å²) in [6.07, 6.45) is 7.48. The highest BCUT2D eigenvalue weighted by molar-refractivity contribution is 5.91. The molecule has 6 heteroatoms. The zero-order chi connectivity index (χ0) is 14.9. The Morgan fingerprint density at radius 3 is 2.77 bits per heavy atom. The Labute approximate surface area is 128 Å². The summed E-state index contributed by atoms with van der Waals surface area (Å²) in [5.74, 6) is 1.05. The van der Waals surface area contributed by atoms with Crippen molar-refractivity contribution in [1.82, 2.24) is 25.0 Å². The van der Waals surface area contributed by atoms with Crippen molar-refractivity contribution in [3.8, 4) is 0 Å². The van der Waals surface area contributed by atoms with Crippen molar-refractivity contribution in [3.63, 3.8) is 0 Å². The third kappa shape index (κ3) is 2.20. The van der Waals surface area contributed by atoms with E-state index in [1.165, 1.54) is 5.56 Å². The van der Waals surface area contributed by atoms with Crippen LogP contribution in [0.2, 0.25) is 0 Å². The Kier molecular flexibility index (Phi) is 3.21. The van der Waals surface area contributed by atoms with Crippen LogP contribution in [0.25, 0.3) is 10.9 Å². The number of benzene rings is 1. The molecule has 0 saturated carbocycles. The minimum Gasteiger partial charge on any atom is -0.356 e. The van der Waals surface area contributed by atoms with Gasteiger partial charge in [-0.15, -0.1) is 5.10 Å². The zero-order valence-electron chi connectivity index (χ0n) is 12.6. The van der Waals surface area contributed by atoms with E-state index in [1.807, 2.05) is 10.9 Å². The van der Waals surface area contributed by atoms with Gasteiger partial charge in [-0.05, 0) is 31.4 Å². The van der Waals surface area contributed by atoms with Gasteiger partial charge in [0.05, 0.1) is 17.8 Å². The molecule has 0 atom stereocenters. The van der Waals surface area contributed by atoms with E-state index in [-0.39, 0.29) is 0 Å². The van der Waals surface area contributed by atoms with Gasteiger partial charge in [0.15, 0.2) is 0 Å². The van der Waals surface area contributed by atoms with Gasteiger partial charge in [0, 0.05) is 24.7 Å². The Hall–Kier alpha value is -2.50. The molecule has 0 unspecified atom stereocenters. The van der Waals surface area contributed by atoms with Crippen molar-refractivity contribution in [1.29, 1.82) is 0 Å². The second-order valence-electron chi connectivity index (χ2n) is 5.77. The van der Waals surface area contributed by atoms with Gasteiger partial charge in [-0.1, -0.05) is 17.3 Å². The first kappa shape index (κ1) is 13.2. The van der Waals surface area contributed by atoms with Crippen LogP contribution in [0, 0.1) is 6.92 Å². The van der Waals surface area contributed by atoms with E-state index in [4.69, 9.17) is 0 Å². The molecule has 2 aromatic heterocycles. The fourth-order valence-corrected chi connectivity index (χ4v) is 3.23. The van der Waals surface area contributed by atoms with Crippen LogP contribution in [0.1, 0.15) is 24.4 Å². The molecule has 4 rings (SSSR count). The molecule has 0 bridgehead atoms. The smallest absolute Gasteiger partial charge is 0.139 e. The van der Waals surface area contributed by atoms with E-state index in [1.54, 1.807) is 12.5 Å². The normalized spacial score (nSPS) is 16.3. The van der Waals surface area contributed by atoms with Gasteiger partial charge < -0.3 is 4.90 Å². The first-order chi connectivity index (χ1) is 10.8. The van der Waals surface area contributed by atoms with Crippen LogP contribution < -0.4 is 4.90 Å². The third-order valence-corrected chi connectivity index (χ3v) is 4.42. The number of nitrogens with zero attached hydrogens (tertiary/aromatic N) is 6. The van der Waals surface area contributed by atoms with Gasteiger partial charge >= 0.3 is 0 Å². The van der Waals surface area contributed by atoms with Crippen LogP contribution in [0.15, 0.2) is 36.9 Å². The number of anilines is 1. The van der Waals surface area contributed by atoms with E-state index >= 15 is 0 Å². The molecule has 0 aliphatic carbocycles. The Bertz CT molecular complexity index is 774. The average Bonchev–Trinajstić information content (AvgIpc) is 3.10. The van der Waals surface area contributed by atoms with Crippen molar-refractivity contribution >= 4 is 16.7 Å². The molecule has 3 heterocycles. The summed E-state index contributed by atoms with van der Waals surface area (Å²) >= 11 is 0. The maximum absolute atomic E-state index is 4.54. The summed E-state index contributed by atoms with van der Waals surface area (Å²) < 4.78 is 1.97. The lowest BCUT2D eigenvalue weighted by molar-refractivity contribution is 0.359. The number of para-hydroxylation sites is 1. The third-order valence-electron chi connectivity index (χ3n) is 4.42. The molecular weight excluding hydrogens is 276 g/mol. The fraction of sp³-hybridized carbons (Fsp3) is 0.375. The minimum atomic E-state index is 0.439. The lowest BCUT2D eigenvalue weighted by Crippen LogP contribution is -2.35. The maximum Gasteiger partial charge on any atom is 0.139 e. The Morgan fingerprint density at radius 1 is 1.14 bits per heavy atom. The number of hydrogen-bond donors (Lipinski definition) is 0. The fourth-order valence-electron chi connectivity index (χ4n) is 3.23. The molecule has 3 aromatic rings. The van der Waals surface area contributed by atoms with Gasteiger partial charge in [0.25, 0.3) is 0 Å². The summed E-state index contributed by atoms with van der Waals surface area (Å²) in [7, 11) is 0. The predicted molar refractivity (Wildman–Crippen MR) is 84.8 cm³/mol. The van der Waals surface area contributed by atoms with Crippen molar-refractivity contribution < 1.29 is 0 Å². The summed E-state index contributed by atoms with van der Waals surface area (Å²) in [6.45, 7) is 4.05. The van der Waals surface area contributed by atoms with Crippen molar-refractivity contribution in [2.24, 2.45) is 0 Å². The number of rotatable bonds is 2. The first-order valence-corrected chi connectivity index (χ1v) is 7.64. The van der Waals surface area contributed by atoms with E-state index in [0.717, 1.165) is 42.7 Å². The summed E-state index contributed by atoms with van der Waals surface area (Å²) in [5, 5.41) is 9.17. The molecule has 1 saturated heterocycles. The molecule has 0 amide bonds. The van der Waals surface area contributed by atoms with Crippen LogP contribution in [0.4, 0.5) is 5.82 Å². The van der Waals surface area contributed by atoms with Gasteiger partial charge in [-0.2, -0.15) is 0 Å². The topological polar surface area (TPSA) is 59.7 Å². The number of piperidine rings is 1. The van der Waals surface area contributed by atoms with Crippen LogP contribution >= 0.6 is 0 Å². The van der Waals surface area contributed by atoms with Gasteiger partial charge in [-0.3, -0.25) is 0 Å². The zero-order valence-corrected chi connectivity index (χ0v) is 12.6. The van der Waals surface area contributed by atoms with Crippen molar-refractivity contribution in [2.75, 3.05) is 18.0 Å². The quantitative estimate of drug-likeness (QED) is 0.726. The number of aromatic nitrogens is 5. The van der Waals surface area contributed by atoms with Crippen molar-refractivity contribution in [3.05, 3.63) is 42.5 Å². The monoisotopic (exact) mass is 294 g/mol. The molecule has 0 radical (unpaired) electrons. The molecule has 6 nitrogen and oxygen atoms in total. The molecule has 1 aliphatic heterocycles. The highest BCUT2D eigenvalue weighted by Gasteiger charge is 2.23. The molecule has 1 aliphatic rings. The van der Waals surface area contributed by atoms with E-state index in [2.05, 4.69) is 50.3 Å². The second-order valence-corrected chi connectivity index (χ2v) is 5.77. The molecule has 22 heavy (non-hydrogen) atoms. The lowest BCUT2D eigenvalue weighted by atomic mass is 10.0. The number of fused-ring (bicyclic) bond motifs is 1. The number of aryl methyl sites for hydroxylation is 1.